The zero-order valence-electron chi connectivity index (χ0n) is 12.4. The molecule has 0 bridgehead atoms. The molecule has 2 aromatic rings. The first kappa shape index (κ1) is 15.5. The van der Waals surface area contributed by atoms with E-state index in [9.17, 15) is 14.9 Å². The number of hydrogen-bond donors (Lipinski definition) is 1. The molecule has 0 aliphatic heterocycles. The minimum atomic E-state index is -0.520. The number of para-hydroxylation sites is 2. The summed E-state index contributed by atoms with van der Waals surface area (Å²) in [7, 11) is 1.88. The first-order valence-corrected chi connectivity index (χ1v) is 8.10. The number of carbonyl (C=O) groups excluding carboxylic acids is 1. The molecule has 120 valence electrons. The average Bonchev–Trinajstić information content (AvgIpc) is 3.29. The Hall–Kier alpha value is -2.42. The van der Waals surface area contributed by atoms with Gasteiger partial charge in [0.2, 0.25) is 5.91 Å². The standard InChI is InChI=1S/C14H15N5O3S/c1-18-13(9-6-7-9)16-17-14(18)23-8-12(20)15-10-4-2-3-5-11(10)19(21)22/h2-5,9H,6-8H2,1H3,(H,15,20). The van der Waals surface area contributed by atoms with Crippen LogP contribution in [0, 0.1) is 10.1 Å². The van der Waals surface area contributed by atoms with Crippen LogP contribution in [0.25, 0.3) is 0 Å². The zero-order valence-corrected chi connectivity index (χ0v) is 13.2. The minimum absolute atomic E-state index is 0.114. The number of nitro benzene ring substituents is 1. The Kier molecular flexibility index (Phi) is 4.28. The van der Waals surface area contributed by atoms with Crippen molar-refractivity contribution < 1.29 is 9.72 Å². The molecular weight excluding hydrogens is 318 g/mol. The van der Waals surface area contributed by atoms with Crippen molar-refractivity contribution >= 4 is 29.0 Å². The topological polar surface area (TPSA) is 103 Å². The van der Waals surface area contributed by atoms with Crippen molar-refractivity contribution in [3.8, 4) is 0 Å². The number of amides is 1. The van der Waals surface area contributed by atoms with Gasteiger partial charge in [0, 0.05) is 19.0 Å². The maximum atomic E-state index is 12.0. The normalized spacial score (nSPS) is 13.8. The number of thioether (sulfide) groups is 1. The summed E-state index contributed by atoms with van der Waals surface area (Å²) >= 11 is 1.26. The Morgan fingerprint density at radius 2 is 2.17 bits per heavy atom. The molecule has 1 fully saturated rings. The average molecular weight is 333 g/mol. The maximum absolute atomic E-state index is 12.0. The van der Waals surface area contributed by atoms with Gasteiger partial charge in [0.15, 0.2) is 5.16 Å². The van der Waals surface area contributed by atoms with Crippen molar-refractivity contribution in [2.45, 2.75) is 23.9 Å². The highest BCUT2D eigenvalue weighted by atomic mass is 32.2. The SMILES string of the molecule is Cn1c(SCC(=O)Nc2ccccc2[N+](=O)[O-])nnc1C1CC1. The lowest BCUT2D eigenvalue weighted by atomic mass is 10.2. The van der Waals surface area contributed by atoms with Crippen LogP contribution >= 0.6 is 11.8 Å². The summed E-state index contributed by atoms with van der Waals surface area (Å²) in [5.41, 5.74) is 0.0697. The third kappa shape index (κ3) is 3.50. The number of aromatic nitrogens is 3. The van der Waals surface area contributed by atoms with Crippen LogP contribution in [0.1, 0.15) is 24.6 Å². The van der Waals surface area contributed by atoms with Crippen LogP contribution in [0.3, 0.4) is 0 Å². The van der Waals surface area contributed by atoms with Crippen molar-refractivity contribution in [2.24, 2.45) is 7.05 Å². The Labute approximate surface area is 136 Å². The number of nitro groups is 1. The number of hydrogen-bond acceptors (Lipinski definition) is 6. The molecule has 0 saturated heterocycles. The van der Waals surface area contributed by atoms with Crippen LogP contribution in [0.15, 0.2) is 29.4 Å². The van der Waals surface area contributed by atoms with E-state index in [0.29, 0.717) is 11.1 Å². The van der Waals surface area contributed by atoms with E-state index in [0.717, 1.165) is 18.7 Å². The molecule has 0 unspecified atom stereocenters. The predicted molar refractivity (Wildman–Crippen MR) is 85.4 cm³/mol. The van der Waals surface area contributed by atoms with Crippen molar-refractivity contribution in [1.29, 1.82) is 0 Å². The zero-order chi connectivity index (χ0) is 16.4. The van der Waals surface area contributed by atoms with Gasteiger partial charge in [-0.25, -0.2) is 0 Å². The van der Waals surface area contributed by atoms with E-state index in [-0.39, 0.29) is 23.0 Å². The first-order chi connectivity index (χ1) is 11.1. The Bertz CT molecular complexity index is 757. The van der Waals surface area contributed by atoms with Gasteiger partial charge in [-0.15, -0.1) is 10.2 Å². The number of anilines is 1. The lowest BCUT2D eigenvalue weighted by Crippen LogP contribution is -2.15. The first-order valence-electron chi connectivity index (χ1n) is 7.11. The second-order valence-electron chi connectivity index (χ2n) is 5.29. The third-order valence-corrected chi connectivity index (χ3v) is 4.54. The van der Waals surface area contributed by atoms with Crippen LogP contribution in [0.5, 0.6) is 0 Å². The van der Waals surface area contributed by atoms with Gasteiger partial charge < -0.3 is 9.88 Å². The highest BCUT2D eigenvalue weighted by Gasteiger charge is 2.29. The molecule has 8 nitrogen and oxygen atoms in total. The predicted octanol–water partition coefficient (Wildman–Crippen LogP) is 2.33. The van der Waals surface area contributed by atoms with Gasteiger partial charge in [0.1, 0.15) is 11.5 Å². The Morgan fingerprint density at radius 1 is 1.43 bits per heavy atom. The van der Waals surface area contributed by atoms with Crippen molar-refractivity contribution in [3.63, 3.8) is 0 Å². The van der Waals surface area contributed by atoms with E-state index in [1.165, 1.54) is 23.9 Å². The monoisotopic (exact) mass is 333 g/mol. The van der Waals surface area contributed by atoms with Gasteiger partial charge in [0.25, 0.3) is 5.69 Å². The number of carbonyl (C=O) groups is 1. The maximum Gasteiger partial charge on any atom is 0.292 e. The Balaban J connectivity index is 1.61. The summed E-state index contributed by atoms with van der Waals surface area (Å²) in [5, 5.41) is 22.4. The number of benzene rings is 1. The second-order valence-corrected chi connectivity index (χ2v) is 6.23. The van der Waals surface area contributed by atoms with Gasteiger partial charge in [-0.3, -0.25) is 14.9 Å². The minimum Gasteiger partial charge on any atom is -0.320 e. The molecule has 0 radical (unpaired) electrons. The van der Waals surface area contributed by atoms with Crippen LogP contribution < -0.4 is 5.32 Å². The molecule has 1 aromatic heterocycles. The van der Waals surface area contributed by atoms with E-state index in [4.69, 9.17) is 0 Å². The van der Waals surface area contributed by atoms with E-state index >= 15 is 0 Å². The summed E-state index contributed by atoms with van der Waals surface area (Å²) in [5.74, 6) is 1.23. The van der Waals surface area contributed by atoms with Gasteiger partial charge in [0.05, 0.1) is 10.7 Å². The summed E-state index contributed by atoms with van der Waals surface area (Å²) in [4.78, 5) is 22.4. The summed E-state index contributed by atoms with van der Waals surface area (Å²) in [6.45, 7) is 0. The number of nitrogens with zero attached hydrogens (tertiary/aromatic N) is 4. The fourth-order valence-electron chi connectivity index (χ4n) is 2.20. The Morgan fingerprint density at radius 3 is 2.87 bits per heavy atom. The lowest BCUT2D eigenvalue weighted by Gasteiger charge is -2.06. The van der Waals surface area contributed by atoms with Crippen LogP contribution in [-0.2, 0) is 11.8 Å². The molecule has 1 saturated carbocycles. The molecule has 0 spiro atoms. The summed E-state index contributed by atoms with van der Waals surface area (Å²) in [6.07, 6.45) is 2.27. The van der Waals surface area contributed by atoms with Crippen molar-refractivity contribution in [3.05, 3.63) is 40.2 Å². The molecule has 9 heteroatoms. The van der Waals surface area contributed by atoms with Crippen molar-refractivity contribution in [2.75, 3.05) is 11.1 Å². The molecule has 23 heavy (non-hydrogen) atoms. The summed E-state index contributed by atoms with van der Waals surface area (Å²) in [6, 6.07) is 6.06. The van der Waals surface area contributed by atoms with E-state index in [1.54, 1.807) is 12.1 Å². The lowest BCUT2D eigenvalue weighted by molar-refractivity contribution is -0.383. The van der Waals surface area contributed by atoms with Crippen molar-refractivity contribution in [1.82, 2.24) is 14.8 Å². The van der Waals surface area contributed by atoms with Crippen LogP contribution in [0.2, 0.25) is 0 Å². The van der Waals surface area contributed by atoms with Crippen LogP contribution in [-0.4, -0.2) is 31.3 Å². The molecule has 1 aromatic carbocycles. The highest BCUT2D eigenvalue weighted by Crippen LogP contribution is 2.39. The number of nitrogens with one attached hydrogen (secondary N) is 1. The molecular formula is C14H15N5O3S. The highest BCUT2D eigenvalue weighted by molar-refractivity contribution is 7.99. The second kappa shape index (κ2) is 6.37. The van der Waals surface area contributed by atoms with Gasteiger partial charge >= 0.3 is 0 Å². The van der Waals surface area contributed by atoms with Gasteiger partial charge in [-0.2, -0.15) is 0 Å². The summed E-state index contributed by atoms with van der Waals surface area (Å²) < 4.78 is 1.90. The van der Waals surface area contributed by atoms with E-state index in [1.807, 2.05) is 11.6 Å². The fraction of sp³-hybridized carbons (Fsp3) is 0.357. The van der Waals surface area contributed by atoms with E-state index in [2.05, 4.69) is 15.5 Å². The van der Waals surface area contributed by atoms with Gasteiger partial charge in [-0.1, -0.05) is 23.9 Å². The molecule has 3 rings (SSSR count). The van der Waals surface area contributed by atoms with Gasteiger partial charge in [-0.05, 0) is 18.9 Å². The largest absolute Gasteiger partial charge is 0.320 e. The molecule has 1 amide bonds. The van der Waals surface area contributed by atoms with Crippen LogP contribution in [0.4, 0.5) is 11.4 Å². The molecule has 1 heterocycles. The molecule has 0 atom stereocenters. The quantitative estimate of drug-likeness (QED) is 0.494. The molecule has 1 N–H and O–H groups in total. The van der Waals surface area contributed by atoms with E-state index < -0.39 is 4.92 Å². The third-order valence-electron chi connectivity index (χ3n) is 3.52. The molecule has 1 aliphatic carbocycles. The molecule has 1 aliphatic rings. The smallest absolute Gasteiger partial charge is 0.292 e. The fourth-order valence-corrected chi connectivity index (χ4v) is 2.92. The number of rotatable bonds is 6.